The van der Waals surface area contributed by atoms with Crippen molar-refractivity contribution < 1.29 is 13.2 Å². The number of benzene rings is 1. The van der Waals surface area contributed by atoms with E-state index in [2.05, 4.69) is 10.3 Å². The first-order chi connectivity index (χ1) is 14.8. The van der Waals surface area contributed by atoms with E-state index in [1.807, 2.05) is 24.4 Å². The van der Waals surface area contributed by atoms with E-state index in [1.165, 1.54) is 16.4 Å². The summed E-state index contributed by atoms with van der Waals surface area (Å²) in [4.78, 5) is 19.4. The fourth-order valence-electron chi connectivity index (χ4n) is 3.44. The van der Waals surface area contributed by atoms with Gasteiger partial charge in [-0.25, -0.2) is 13.4 Å². The van der Waals surface area contributed by atoms with Gasteiger partial charge < -0.3 is 5.32 Å². The Kier molecular flexibility index (Phi) is 6.78. The average molecular weight is 496 g/mol. The Morgan fingerprint density at radius 2 is 2.00 bits per heavy atom. The van der Waals surface area contributed by atoms with Gasteiger partial charge in [-0.05, 0) is 56.5 Å². The average Bonchev–Trinajstić information content (AvgIpc) is 3.50. The van der Waals surface area contributed by atoms with E-state index in [4.69, 9.17) is 11.6 Å². The second kappa shape index (κ2) is 9.38. The molecule has 0 spiro atoms. The van der Waals surface area contributed by atoms with Crippen LogP contribution in [0.25, 0.3) is 10.6 Å². The molecule has 1 aromatic carbocycles. The van der Waals surface area contributed by atoms with Crippen LogP contribution in [-0.2, 0) is 16.4 Å². The molecule has 1 saturated heterocycles. The van der Waals surface area contributed by atoms with E-state index in [1.54, 1.807) is 28.7 Å². The zero-order chi connectivity index (χ0) is 22.0. The molecular formula is C21H22ClN3O3S3. The van der Waals surface area contributed by atoms with Gasteiger partial charge in [0.05, 0.1) is 20.6 Å². The summed E-state index contributed by atoms with van der Waals surface area (Å²) in [5.41, 5.74) is 1.27. The van der Waals surface area contributed by atoms with E-state index in [-0.39, 0.29) is 21.4 Å². The van der Waals surface area contributed by atoms with E-state index in [0.717, 1.165) is 33.3 Å². The molecule has 0 saturated carbocycles. The summed E-state index contributed by atoms with van der Waals surface area (Å²) in [6.45, 7) is 3.40. The minimum atomic E-state index is -3.69. The molecule has 0 unspecified atom stereocenters. The Morgan fingerprint density at radius 1 is 1.23 bits per heavy atom. The summed E-state index contributed by atoms with van der Waals surface area (Å²) in [5, 5.41) is 6.08. The van der Waals surface area contributed by atoms with Gasteiger partial charge >= 0.3 is 0 Å². The number of thiazole rings is 1. The van der Waals surface area contributed by atoms with Crippen molar-refractivity contribution in [2.24, 2.45) is 0 Å². The second-order valence-electron chi connectivity index (χ2n) is 7.28. The minimum Gasteiger partial charge on any atom is -0.352 e. The Hall–Kier alpha value is -1.78. The highest BCUT2D eigenvalue weighted by Gasteiger charge is 2.29. The summed E-state index contributed by atoms with van der Waals surface area (Å²) in [6.07, 6.45) is 2.36. The largest absolute Gasteiger partial charge is 0.352 e. The fraction of sp³-hybridized carbons (Fsp3) is 0.333. The smallest absolute Gasteiger partial charge is 0.251 e. The van der Waals surface area contributed by atoms with Gasteiger partial charge in [0.2, 0.25) is 10.0 Å². The third kappa shape index (κ3) is 5.01. The summed E-state index contributed by atoms with van der Waals surface area (Å²) < 4.78 is 27.1. The van der Waals surface area contributed by atoms with Crippen LogP contribution in [0.15, 0.2) is 40.6 Å². The summed E-state index contributed by atoms with van der Waals surface area (Å²) in [7, 11) is -3.69. The van der Waals surface area contributed by atoms with Crippen molar-refractivity contribution in [2.75, 3.05) is 19.6 Å². The molecule has 10 heteroatoms. The first-order valence-corrected chi connectivity index (χ1v) is 13.4. The molecule has 164 valence electrons. The Labute approximate surface area is 194 Å². The monoisotopic (exact) mass is 495 g/mol. The normalized spacial score (nSPS) is 14.8. The minimum absolute atomic E-state index is 0.00910. The number of thiophene rings is 1. The first-order valence-electron chi connectivity index (χ1n) is 9.94. The van der Waals surface area contributed by atoms with Crippen LogP contribution in [0.1, 0.15) is 33.1 Å². The van der Waals surface area contributed by atoms with Gasteiger partial charge in [-0.1, -0.05) is 11.6 Å². The molecule has 6 nitrogen and oxygen atoms in total. The third-order valence-corrected chi connectivity index (χ3v) is 9.39. The SMILES string of the molecule is Cc1nc(-c2ccc(CCNC(=O)c3ccc(Cl)c(S(=O)(=O)N4CCCC4)c3)s2)cs1. The Balaban J connectivity index is 1.39. The number of hydrogen-bond donors (Lipinski definition) is 1. The zero-order valence-corrected chi connectivity index (χ0v) is 20.1. The van der Waals surface area contributed by atoms with Gasteiger partial charge in [0.15, 0.2) is 0 Å². The second-order valence-corrected chi connectivity index (χ2v) is 11.8. The standard InChI is InChI=1S/C21H22ClN3O3S3/c1-14-24-18(13-29-14)19-7-5-16(30-19)8-9-23-21(26)15-4-6-17(22)20(12-15)31(27,28)25-10-2-3-11-25/h4-7,12-13H,2-3,8-11H2,1H3,(H,23,26). The predicted molar refractivity (Wildman–Crippen MR) is 126 cm³/mol. The van der Waals surface area contributed by atoms with Crippen molar-refractivity contribution >= 4 is 50.2 Å². The van der Waals surface area contributed by atoms with Crippen LogP contribution in [0.3, 0.4) is 0 Å². The molecule has 1 fully saturated rings. The number of halogens is 1. The molecule has 1 N–H and O–H groups in total. The Bertz CT molecular complexity index is 1200. The predicted octanol–water partition coefficient (Wildman–Crippen LogP) is 4.59. The Morgan fingerprint density at radius 3 is 2.71 bits per heavy atom. The number of rotatable bonds is 7. The van der Waals surface area contributed by atoms with Gasteiger partial charge in [-0.15, -0.1) is 22.7 Å². The van der Waals surface area contributed by atoms with Gasteiger partial charge in [0.1, 0.15) is 4.90 Å². The van der Waals surface area contributed by atoms with Gasteiger partial charge in [0.25, 0.3) is 5.91 Å². The molecule has 4 rings (SSSR count). The van der Waals surface area contributed by atoms with Crippen molar-refractivity contribution in [3.63, 3.8) is 0 Å². The third-order valence-electron chi connectivity index (χ3n) is 5.07. The number of nitrogens with one attached hydrogen (secondary N) is 1. The zero-order valence-electron chi connectivity index (χ0n) is 16.9. The van der Waals surface area contributed by atoms with Crippen LogP contribution in [-0.4, -0.2) is 43.2 Å². The molecule has 1 aliphatic rings. The van der Waals surface area contributed by atoms with Crippen molar-refractivity contribution in [1.29, 1.82) is 0 Å². The maximum Gasteiger partial charge on any atom is 0.251 e. The van der Waals surface area contributed by atoms with Crippen LogP contribution in [0.2, 0.25) is 5.02 Å². The van der Waals surface area contributed by atoms with Gasteiger partial charge in [0, 0.05) is 35.5 Å². The maximum absolute atomic E-state index is 12.9. The molecule has 1 aliphatic heterocycles. The molecule has 1 amide bonds. The van der Waals surface area contributed by atoms with E-state index >= 15 is 0 Å². The highest BCUT2D eigenvalue weighted by Crippen LogP contribution is 2.30. The number of sulfonamides is 1. The highest BCUT2D eigenvalue weighted by atomic mass is 35.5. The van der Waals surface area contributed by atoms with Crippen molar-refractivity contribution in [1.82, 2.24) is 14.6 Å². The molecule has 3 aromatic rings. The lowest BCUT2D eigenvalue weighted by Gasteiger charge is -2.17. The van der Waals surface area contributed by atoms with Crippen LogP contribution in [0, 0.1) is 6.92 Å². The molecule has 0 radical (unpaired) electrons. The lowest BCUT2D eigenvalue weighted by Crippen LogP contribution is -2.29. The highest BCUT2D eigenvalue weighted by molar-refractivity contribution is 7.89. The summed E-state index contributed by atoms with van der Waals surface area (Å²) >= 11 is 9.44. The maximum atomic E-state index is 12.9. The van der Waals surface area contributed by atoms with Crippen LogP contribution >= 0.6 is 34.3 Å². The number of amides is 1. The number of aromatic nitrogens is 1. The number of hydrogen-bond acceptors (Lipinski definition) is 6. The summed E-state index contributed by atoms with van der Waals surface area (Å²) in [6, 6.07) is 8.49. The number of aryl methyl sites for hydroxylation is 1. The molecule has 0 bridgehead atoms. The molecule has 0 aliphatic carbocycles. The van der Waals surface area contributed by atoms with Crippen LogP contribution in [0.4, 0.5) is 0 Å². The number of carbonyl (C=O) groups excluding carboxylic acids is 1. The van der Waals surface area contributed by atoms with Crippen molar-refractivity contribution in [3.8, 4) is 10.6 Å². The quantitative estimate of drug-likeness (QED) is 0.520. The van der Waals surface area contributed by atoms with E-state index in [0.29, 0.717) is 26.1 Å². The lowest BCUT2D eigenvalue weighted by molar-refractivity contribution is 0.0954. The number of carbonyl (C=O) groups is 1. The molecular weight excluding hydrogens is 474 g/mol. The molecule has 3 heterocycles. The summed E-state index contributed by atoms with van der Waals surface area (Å²) in [5.74, 6) is -0.318. The number of nitrogens with zero attached hydrogens (tertiary/aromatic N) is 2. The van der Waals surface area contributed by atoms with Gasteiger partial charge in [-0.3, -0.25) is 4.79 Å². The van der Waals surface area contributed by atoms with Crippen molar-refractivity contribution in [2.45, 2.75) is 31.1 Å². The molecule has 31 heavy (non-hydrogen) atoms. The first kappa shape index (κ1) is 22.4. The molecule has 2 aromatic heterocycles. The van der Waals surface area contributed by atoms with E-state index in [9.17, 15) is 13.2 Å². The van der Waals surface area contributed by atoms with Gasteiger partial charge in [-0.2, -0.15) is 4.31 Å². The molecule has 0 atom stereocenters. The topological polar surface area (TPSA) is 79.4 Å². The van der Waals surface area contributed by atoms with Crippen LogP contribution in [0.5, 0.6) is 0 Å². The van der Waals surface area contributed by atoms with Crippen LogP contribution < -0.4 is 5.32 Å². The van der Waals surface area contributed by atoms with Crippen molar-refractivity contribution in [3.05, 3.63) is 56.2 Å². The fourth-order valence-corrected chi connectivity index (χ4v) is 7.11. The van der Waals surface area contributed by atoms with E-state index < -0.39 is 10.0 Å². The lowest BCUT2D eigenvalue weighted by atomic mass is 10.2.